The Balaban J connectivity index is 1.66. The van der Waals surface area contributed by atoms with Crippen molar-refractivity contribution in [1.82, 2.24) is 9.62 Å². The first kappa shape index (κ1) is 20.3. The van der Waals surface area contributed by atoms with Crippen molar-refractivity contribution in [3.63, 3.8) is 0 Å². The maximum absolute atomic E-state index is 12.8. The van der Waals surface area contributed by atoms with Crippen molar-refractivity contribution < 1.29 is 26.4 Å². The normalized spacial score (nSPS) is 18.2. The van der Waals surface area contributed by atoms with Crippen molar-refractivity contribution in [2.45, 2.75) is 30.0 Å². The van der Waals surface area contributed by atoms with Gasteiger partial charge in [0, 0.05) is 24.7 Å². The molecular weight excluding hydrogens is 393 g/mol. The Morgan fingerprint density at radius 2 is 1.71 bits per heavy atom. The summed E-state index contributed by atoms with van der Waals surface area (Å²) >= 11 is 0. The van der Waals surface area contributed by atoms with Crippen LogP contribution < -0.4 is 5.32 Å². The van der Waals surface area contributed by atoms with Crippen LogP contribution in [-0.2, 0) is 16.2 Å². The Labute approximate surface area is 161 Å². The van der Waals surface area contributed by atoms with Crippen molar-refractivity contribution in [2.75, 3.05) is 13.1 Å². The molecule has 3 rings (SSSR count). The Morgan fingerprint density at radius 1 is 1.07 bits per heavy atom. The van der Waals surface area contributed by atoms with Crippen LogP contribution in [0.4, 0.5) is 13.2 Å². The minimum atomic E-state index is -4.47. The van der Waals surface area contributed by atoms with Gasteiger partial charge in [0.25, 0.3) is 5.91 Å². The summed E-state index contributed by atoms with van der Waals surface area (Å²) in [5, 5.41) is 2.63. The Morgan fingerprint density at radius 3 is 2.32 bits per heavy atom. The van der Waals surface area contributed by atoms with E-state index < -0.39 is 33.7 Å². The SMILES string of the molecule is O=C(NCC1CCCN1S(=O)(=O)c1ccccc1)c1ccc(C(F)(F)F)cc1. The fourth-order valence-electron chi connectivity index (χ4n) is 3.18. The minimum absolute atomic E-state index is 0.0865. The number of hydrogen-bond acceptors (Lipinski definition) is 3. The molecule has 0 spiro atoms. The number of hydrogen-bond donors (Lipinski definition) is 1. The Hall–Kier alpha value is -2.39. The van der Waals surface area contributed by atoms with Gasteiger partial charge in [-0.1, -0.05) is 18.2 Å². The zero-order valence-electron chi connectivity index (χ0n) is 14.8. The Bertz CT molecular complexity index is 929. The molecule has 1 saturated heterocycles. The lowest BCUT2D eigenvalue weighted by atomic mass is 10.1. The van der Waals surface area contributed by atoms with Crippen LogP contribution in [0.25, 0.3) is 0 Å². The molecule has 0 aromatic heterocycles. The van der Waals surface area contributed by atoms with Gasteiger partial charge in [-0.05, 0) is 49.2 Å². The largest absolute Gasteiger partial charge is 0.416 e. The van der Waals surface area contributed by atoms with Gasteiger partial charge in [0.2, 0.25) is 10.0 Å². The van der Waals surface area contributed by atoms with Gasteiger partial charge < -0.3 is 5.32 Å². The number of benzene rings is 2. The lowest BCUT2D eigenvalue weighted by Crippen LogP contribution is -2.43. The summed E-state index contributed by atoms with van der Waals surface area (Å²) in [4.78, 5) is 12.4. The molecule has 1 amide bonds. The summed E-state index contributed by atoms with van der Waals surface area (Å²) in [6.45, 7) is 0.448. The summed E-state index contributed by atoms with van der Waals surface area (Å²) in [6, 6.07) is 11.5. The second kappa shape index (κ2) is 7.92. The second-order valence-electron chi connectivity index (χ2n) is 6.51. The van der Waals surface area contributed by atoms with Crippen molar-refractivity contribution in [3.05, 3.63) is 65.7 Å². The molecule has 2 aromatic carbocycles. The lowest BCUT2D eigenvalue weighted by Gasteiger charge is -2.24. The van der Waals surface area contributed by atoms with Crippen LogP contribution in [-0.4, -0.2) is 37.8 Å². The van der Waals surface area contributed by atoms with Crippen molar-refractivity contribution in [1.29, 1.82) is 0 Å². The molecule has 0 aliphatic carbocycles. The topological polar surface area (TPSA) is 66.5 Å². The number of halogens is 3. The zero-order chi connectivity index (χ0) is 20.4. The number of rotatable bonds is 5. The average Bonchev–Trinajstić information content (AvgIpc) is 3.16. The molecule has 1 atom stereocenters. The predicted octanol–water partition coefficient (Wildman–Crippen LogP) is 3.29. The van der Waals surface area contributed by atoms with Crippen LogP contribution in [0.1, 0.15) is 28.8 Å². The molecule has 1 heterocycles. The van der Waals surface area contributed by atoms with Gasteiger partial charge in [0.1, 0.15) is 0 Å². The molecular formula is C19H19F3N2O3S. The monoisotopic (exact) mass is 412 g/mol. The number of carbonyl (C=O) groups is 1. The van der Waals surface area contributed by atoms with E-state index in [2.05, 4.69) is 5.32 Å². The van der Waals surface area contributed by atoms with E-state index in [0.717, 1.165) is 24.3 Å². The third-order valence-corrected chi connectivity index (χ3v) is 6.61. The van der Waals surface area contributed by atoms with Crippen molar-refractivity contribution in [2.24, 2.45) is 0 Å². The van der Waals surface area contributed by atoms with E-state index in [1.54, 1.807) is 18.2 Å². The molecule has 1 aliphatic heterocycles. The summed E-state index contributed by atoms with van der Waals surface area (Å²) in [7, 11) is -3.67. The third-order valence-electron chi connectivity index (χ3n) is 4.65. The number of nitrogens with zero attached hydrogens (tertiary/aromatic N) is 1. The quantitative estimate of drug-likeness (QED) is 0.820. The summed E-state index contributed by atoms with van der Waals surface area (Å²) in [6.07, 6.45) is -3.20. The van der Waals surface area contributed by atoms with E-state index in [4.69, 9.17) is 0 Å². The molecule has 28 heavy (non-hydrogen) atoms. The molecule has 1 N–H and O–H groups in total. The molecule has 1 fully saturated rings. The van der Waals surface area contributed by atoms with Crippen LogP contribution >= 0.6 is 0 Å². The van der Waals surface area contributed by atoms with Gasteiger partial charge in [-0.2, -0.15) is 17.5 Å². The van der Waals surface area contributed by atoms with E-state index in [9.17, 15) is 26.4 Å². The molecule has 0 saturated carbocycles. The van der Waals surface area contributed by atoms with E-state index >= 15 is 0 Å². The fraction of sp³-hybridized carbons (Fsp3) is 0.316. The van der Waals surface area contributed by atoms with Crippen LogP contribution in [0.2, 0.25) is 0 Å². The highest BCUT2D eigenvalue weighted by atomic mass is 32.2. The predicted molar refractivity (Wildman–Crippen MR) is 97.1 cm³/mol. The zero-order valence-corrected chi connectivity index (χ0v) is 15.6. The molecule has 2 aromatic rings. The number of alkyl halides is 3. The Kier molecular flexibility index (Phi) is 5.76. The van der Waals surface area contributed by atoms with E-state index in [1.165, 1.54) is 16.4 Å². The molecule has 0 bridgehead atoms. The van der Waals surface area contributed by atoms with Gasteiger partial charge in [0.05, 0.1) is 10.5 Å². The highest BCUT2D eigenvalue weighted by molar-refractivity contribution is 7.89. The minimum Gasteiger partial charge on any atom is -0.350 e. The first-order chi connectivity index (χ1) is 13.2. The maximum atomic E-state index is 12.8. The molecule has 5 nitrogen and oxygen atoms in total. The van der Waals surface area contributed by atoms with E-state index in [-0.39, 0.29) is 17.0 Å². The first-order valence-electron chi connectivity index (χ1n) is 8.72. The first-order valence-corrected chi connectivity index (χ1v) is 10.2. The van der Waals surface area contributed by atoms with Crippen LogP contribution in [0.5, 0.6) is 0 Å². The smallest absolute Gasteiger partial charge is 0.350 e. The van der Waals surface area contributed by atoms with Gasteiger partial charge >= 0.3 is 6.18 Å². The van der Waals surface area contributed by atoms with Crippen LogP contribution in [0.15, 0.2) is 59.5 Å². The van der Waals surface area contributed by atoms with Crippen LogP contribution in [0.3, 0.4) is 0 Å². The summed E-state index contributed by atoms with van der Waals surface area (Å²) < 4.78 is 64.8. The number of carbonyl (C=O) groups excluding carboxylic acids is 1. The molecule has 9 heteroatoms. The van der Waals surface area contributed by atoms with E-state index in [0.29, 0.717) is 19.4 Å². The highest BCUT2D eigenvalue weighted by Gasteiger charge is 2.35. The van der Waals surface area contributed by atoms with Crippen molar-refractivity contribution >= 4 is 15.9 Å². The molecule has 0 radical (unpaired) electrons. The molecule has 1 unspecified atom stereocenters. The number of sulfonamides is 1. The third kappa shape index (κ3) is 4.36. The standard InChI is InChI=1S/C19H19F3N2O3S/c20-19(21,22)15-10-8-14(9-11-15)18(25)23-13-16-5-4-12-24(16)28(26,27)17-6-2-1-3-7-17/h1-3,6-11,16H,4-5,12-13H2,(H,23,25). The average molecular weight is 412 g/mol. The molecule has 150 valence electrons. The van der Waals surface area contributed by atoms with Crippen molar-refractivity contribution in [3.8, 4) is 0 Å². The van der Waals surface area contributed by atoms with Gasteiger partial charge in [-0.3, -0.25) is 4.79 Å². The highest BCUT2D eigenvalue weighted by Crippen LogP contribution is 2.29. The fourth-order valence-corrected chi connectivity index (χ4v) is 4.89. The summed E-state index contributed by atoms with van der Waals surface area (Å²) in [5.41, 5.74) is -0.747. The van der Waals surface area contributed by atoms with E-state index in [1.807, 2.05) is 0 Å². The lowest BCUT2D eigenvalue weighted by molar-refractivity contribution is -0.137. The van der Waals surface area contributed by atoms with Crippen LogP contribution in [0, 0.1) is 0 Å². The summed E-state index contributed by atoms with van der Waals surface area (Å²) in [5.74, 6) is -0.544. The van der Waals surface area contributed by atoms with Gasteiger partial charge in [0.15, 0.2) is 0 Å². The number of amides is 1. The number of nitrogens with one attached hydrogen (secondary N) is 1. The second-order valence-corrected chi connectivity index (χ2v) is 8.40. The maximum Gasteiger partial charge on any atom is 0.416 e. The molecule has 1 aliphatic rings. The van der Waals surface area contributed by atoms with Gasteiger partial charge in [-0.15, -0.1) is 0 Å². The van der Waals surface area contributed by atoms with Gasteiger partial charge in [-0.25, -0.2) is 8.42 Å².